The predicted molar refractivity (Wildman–Crippen MR) is 84.7 cm³/mol. The van der Waals surface area contributed by atoms with Crippen LogP contribution < -0.4 is 10.1 Å². The minimum atomic E-state index is -0.0801. The molecule has 0 atom stereocenters. The van der Waals surface area contributed by atoms with Gasteiger partial charge in [0.15, 0.2) is 0 Å². The number of ether oxygens (including phenoxy) is 2. The lowest BCUT2D eigenvalue weighted by Gasteiger charge is -2.06. The van der Waals surface area contributed by atoms with Crippen LogP contribution in [0, 0.1) is 0 Å². The van der Waals surface area contributed by atoms with Crippen LogP contribution in [0.5, 0.6) is 5.75 Å². The van der Waals surface area contributed by atoms with Gasteiger partial charge in [0, 0.05) is 6.42 Å². The van der Waals surface area contributed by atoms with Gasteiger partial charge in [-0.2, -0.15) is 0 Å². The lowest BCUT2D eigenvalue weighted by Crippen LogP contribution is -2.18. The number of hydrogen-bond donors (Lipinski definition) is 1. The van der Waals surface area contributed by atoms with Gasteiger partial charge in [-0.25, -0.2) is 0 Å². The third kappa shape index (κ3) is 8.35. The Morgan fingerprint density at radius 3 is 2.81 bits per heavy atom. The molecular weight excluding hydrogens is 266 g/mol. The van der Waals surface area contributed by atoms with Crippen molar-refractivity contribution in [3.63, 3.8) is 0 Å². The fraction of sp³-hybridized carbons (Fsp3) is 0.588. The Hall–Kier alpha value is -1.55. The van der Waals surface area contributed by atoms with E-state index in [9.17, 15) is 4.79 Å². The molecule has 4 heteroatoms. The second kappa shape index (κ2) is 11.1. The van der Waals surface area contributed by atoms with Crippen molar-refractivity contribution in [2.45, 2.75) is 39.0 Å². The fourth-order valence-corrected chi connectivity index (χ4v) is 2.11. The molecule has 21 heavy (non-hydrogen) atoms. The summed E-state index contributed by atoms with van der Waals surface area (Å²) in [5.41, 5.74) is 1.28. The number of methoxy groups -OCH3 is 1. The average Bonchev–Trinajstić information content (AvgIpc) is 2.50. The predicted octanol–water partition coefficient (Wildman–Crippen LogP) is 2.95. The zero-order valence-corrected chi connectivity index (χ0v) is 13.2. The Morgan fingerprint density at radius 2 is 2.05 bits per heavy atom. The molecule has 0 aromatic heterocycles. The summed E-state index contributed by atoms with van der Waals surface area (Å²) in [5, 5.41) is 3.43. The summed E-state index contributed by atoms with van der Waals surface area (Å²) in [4.78, 5) is 11.1. The van der Waals surface area contributed by atoms with Gasteiger partial charge < -0.3 is 14.8 Å². The molecule has 0 aliphatic heterocycles. The zero-order valence-electron chi connectivity index (χ0n) is 13.2. The van der Waals surface area contributed by atoms with E-state index in [-0.39, 0.29) is 5.97 Å². The molecule has 0 saturated carbocycles. The monoisotopic (exact) mass is 293 g/mol. The van der Waals surface area contributed by atoms with Gasteiger partial charge in [-0.1, -0.05) is 18.6 Å². The maximum absolute atomic E-state index is 11.1. The van der Waals surface area contributed by atoms with Crippen molar-refractivity contribution in [2.75, 3.05) is 26.8 Å². The van der Waals surface area contributed by atoms with E-state index in [1.54, 1.807) is 7.11 Å². The van der Waals surface area contributed by atoms with Crippen LogP contribution in [0.2, 0.25) is 0 Å². The van der Waals surface area contributed by atoms with Crippen molar-refractivity contribution in [3.8, 4) is 5.75 Å². The van der Waals surface area contributed by atoms with Gasteiger partial charge in [0.2, 0.25) is 0 Å². The van der Waals surface area contributed by atoms with Crippen LogP contribution in [0.1, 0.15) is 38.2 Å². The van der Waals surface area contributed by atoms with Gasteiger partial charge >= 0.3 is 5.97 Å². The number of carbonyl (C=O) groups is 1. The number of hydrogen-bond acceptors (Lipinski definition) is 4. The summed E-state index contributed by atoms with van der Waals surface area (Å²) < 4.78 is 10.1. The van der Waals surface area contributed by atoms with Crippen LogP contribution in [-0.4, -0.2) is 32.8 Å². The third-order valence-electron chi connectivity index (χ3n) is 3.26. The van der Waals surface area contributed by atoms with Crippen LogP contribution in [-0.2, 0) is 16.0 Å². The number of benzene rings is 1. The first-order chi connectivity index (χ1) is 10.3. The van der Waals surface area contributed by atoms with Crippen LogP contribution >= 0.6 is 0 Å². The van der Waals surface area contributed by atoms with E-state index in [4.69, 9.17) is 9.47 Å². The third-order valence-corrected chi connectivity index (χ3v) is 3.26. The van der Waals surface area contributed by atoms with Crippen molar-refractivity contribution in [2.24, 2.45) is 0 Å². The molecule has 0 aliphatic carbocycles. The highest BCUT2D eigenvalue weighted by atomic mass is 16.5. The van der Waals surface area contributed by atoms with Gasteiger partial charge in [-0.05, 0) is 57.0 Å². The molecule has 0 bridgehead atoms. The van der Waals surface area contributed by atoms with E-state index in [1.807, 2.05) is 19.1 Å². The highest BCUT2D eigenvalue weighted by Gasteiger charge is 2.00. The Bertz CT molecular complexity index is 407. The maximum atomic E-state index is 11.1. The Morgan fingerprint density at radius 1 is 1.19 bits per heavy atom. The highest BCUT2D eigenvalue weighted by Crippen LogP contribution is 2.12. The van der Waals surface area contributed by atoms with Crippen LogP contribution in [0.15, 0.2) is 24.3 Å². The van der Waals surface area contributed by atoms with Crippen LogP contribution in [0.4, 0.5) is 0 Å². The highest BCUT2D eigenvalue weighted by molar-refractivity contribution is 5.69. The average molecular weight is 293 g/mol. The molecule has 0 amide bonds. The molecule has 4 nitrogen and oxygen atoms in total. The van der Waals surface area contributed by atoms with E-state index >= 15 is 0 Å². The normalized spacial score (nSPS) is 10.4. The fourth-order valence-electron chi connectivity index (χ4n) is 2.11. The number of carbonyl (C=O) groups excluding carboxylic acids is 1. The molecule has 1 aromatic carbocycles. The molecule has 1 N–H and O–H groups in total. The Labute approximate surface area is 127 Å². The SMILES string of the molecule is CCOC(=O)CCCCCNCCc1cccc(OC)c1. The van der Waals surface area contributed by atoms with Gasteiger partial charge in [0.25, 0.3) is 0 Å². The molecule has 0 saturated heterocycles. The summed E-state index contributed by atoms with van der Waals surface area (Å²) in [5.74, 6) is 0.829. The van der Waals surface area contributed by atoms with Crippen molar-refractivity contribution >= 4 is 5.97 Å². The van der Waals surface area contributed by atoms with E-state index in [1.165, 1.54) is 5.56 Å². The van der Waals surface area contributed by atoms with Gasteiger partial charge in [0.1, 0.15) is 5.75 Å². The summed E-state index contributed by atoms with van der Waals surface area (Å²) in [6, 6.07) is 8.16. The first-order valence-electron chi connectivity index (χ1n) is 7.75. The Balaban J connectivity index is 1.98. The number of rotatable bonds is 11. The van der Waals surface area contributed by atoms with Crippen LogP contribution in [0.25, 0.3) is 0 Å². The molecule has 1 rings (SSSR count). The summed E-state index contributed by atoms with van der Waals surface area (Å²) in [6.07, 6.45) is 4.61. The van der Waals surface area contributed by atoms with E-state index < -0.39 is 0 Å². The lowest BCUT2D eigenvalue weighted by molar-refractivity contribution is -0.143. The first kappa shape index (κ1) is 17.5. The molecule has 0 spiro atoms. The lowest BCUT2D eigenvalue weighted by atomic mass is 10.1. The minimum Gasteiger partial charge on any atom is -0.497 e. The molecule has 0 radical (unpaired) electrons. The largest absolute Gasteiger partial charge is 0.497 e. The number of esters is 1. The van der Waals surface area contributed by atoms with Crippen LogP contribution in [0.3, 0.4) is 0 Å². The Kier molecular flexibility index (Phi) is 9.29. The van der Waals surface area contributed by atoms with E-state index in [0.717, 1.165) is 44.5 Å². The molecule has 0 unspecified atom stereocenters. The van der Waals surface area contributed by atoms with Gasteiger partial charge in [0.05, 0.1) is 13.7 Å². The quantitative estimate of drug-likeness (QED) is 0.503. The second-order valence-corrected chi connectivity index (χ2v) is 4.97. The maximum Gasteiger partial charge on any atom is 0.305 e. The van der Waals surface area contributed by atoms with Crippen molar-refractivity contribution < 1.29 is 14.3 Å². The smallest absolute Gasteiger partial charge is 0.305 e. The van der Waals surface area contributed by atoms with Crippen molar-refractivity contribution in [1.29, 1.82) is 0 Å². The van der Waals surface area contributed by atoms with Crippen molar-refractivity contribution in [3.05, 3.63) is 29.8 Å². The summed E-state index contributed by atoms with van der Waals surface area (Å²) >= 11 is 0. The first-order valence-corrected chi connectivity index (χ1v) is 7.75. The van der Waals surface area contributed by atoms with Crippen molar-refractivity contribution in [1.82, 2.24) is 5.32 Å². The minimum absolute atomic E-state index is 0.0801. The zero-order chi connectivity index (χ0) is 15.3. The molecule has 0 fully saturated rings. The molecule has 0 heterocycles. The standard InChI is InChI=1S/C17H27NO3/c1-3-21-17(19)10-5-4-6-12-18-13-11-15-8-7-9-16(14-15)20-2/h7-9,14,18H,3-6,10-13H2,1-2H3. The molecular formula is C17H27NO3. The number of nitrogens with one attached hydrogen (secondary N) is 1. The topological polar surface area (TPSA) is 47.6 Å². The van der Waals surface area contributed by atoms with Gasteiger partial charge in [-0.15, -0.1) is 0 Å². The summed E-state index contributed by atoms with van der Waals surface area (Å²) in [7, 11) is 1.69. The van der Waals surface area contributed by atoms with Gasteiger partial charge in [-0.3, -0.25) is 4.79 Å². The molecule has 118 valence electrons. The molecule has 1 aromatic rings. The second-order valence-electron chi connectivity index (χ2n) is 4.97. The molecule has 0 aliphatic rings. The number of unbranched alkanes of at least 4 members (excludes halogenated alkanes) is 2. The van der Waals surface area contributed by atoms with E-state index in [0.29, 0.717) is 13.0 Å². The van der Waals surface area contributed by atoms with E-state index in [2.05, 4.69) is 17.4 Å². The summed E-state index contributed by atoms with van der Waals surface area (Å²) in [6.45, 7) is 4.27.